The molecule has 0 heterocycles. The van der Waals surface area contributed by atoms with Gasteiger partial charge < -0.3 is 5.73 Å². The molecule has 0 atom stereocenters. The van der Waals surface area contributed by atoms with E-state index in [-0.39, 0.29) is 12.4 Å². The van der Waals surface area contributed by atoms with Gasteiger partial charge in [-0.3, -0.25) is 0 Å². The molecule has 102 valence electrons. The lowest BCUT2D eigenvalue weighted by molar-refractivity contribution is -0.137. The largest absolute Gasteiger partial charge is 0.416 e. The van der Waals surface area contributed by atoms with E-state index < -0.39 is 17.3 Å². The van der Waals surface area contributed by atoms with Crippen molar-refractivity contribution in [1.82, 2.24) is 0 Å². The third-order valence-corrected chi connectivity index (χ3v) is 3.51. The molecule has 0 radical (unpaired) electrons. The number of nitrogens with two attached hydrogens (primary N) is 1. The first-order valence-corrected chi connectivity index (χ1v) is 5.88. The molecular formula is C13H17ClF3N. The summed E-state index contributed by atoms with van der Waals surface area (Å²) in [5.41, 5.74) is 5.67. The van der Waals surface area contributed by atoms with Crippen LogP contribution in [0.1, 0.15) is 43.2 Å². The van der Waals surface area contributed by atoms with E-state index in [0.717, 1.165) is 38.2 Å². The third kappa shape index (κ3) is 3.18. The molecule has 5 heteroatoms. The minimum atomic E-state index is -4.29. The lowest BCUT2D eigenvalue weighted by atomic mass is 9.77. The molecule has 0 amide bonds. The number of hydrogen-bond acceptors (Lipinski definition) is 1. The van der Waals surface area contributed by atoms with Gasteiger partial charge in [-0.05, 0) is 30.5 Å². The molecule has 2 N–H and O–H groups in total. The smallest absolute Gasteiger partial charge is 0.321 e. The molecule has 0 bridgehead atoms. The zero-order valence-electron chi connectivity index (χ0n) is 9.96. The highest BCUT2D eigenvalue weighted by molar-refractivity contribution is 5.85. The van der Waals surface area contributed by atoms with Gasteiger partial charge in [-0.1, -0.05) is 31.4 Å². The van der Waals surface area contributed by atoms with Crippen LogP contribution < -0.4 is 5.73 Å². The van der Waals surface area contributed by atoms with Crippen molar-refractivity contribution in [3.63, 3.8) is 0 Å². The molecule has 18 heavy (non-hydrogen) atoms. The van der Waals surface area contributed by atoms with Gasteiger partial charge in [-0.15, -0.1) is 12.4 Å². The van der Waals surface area contributed by atoms with Crippen molar-refractivity contribution in [3.05, 3.63) is 35.4 Å². The van der Waals surface area contributed by atoms with Gasteiger partial charge in [-0.2, -0.15) is 13.2 Å². The second-order valence-corrected chi connectivity index (χ2v) is 4.80. The van der Waals surface area contributed by atoms with Gasteiger partial charge in [0, 0.05) is 5.54 Å². The molecule has 2 rings (SSSR count). The fraction of sp³-hybridized carbons (Fsp3) is 0.538. The van der Waals surface area contributed by atoms with E-state index in [1.54, 1.807) is 6.07 Å². The zero-order valence-corrected chi connectivity index (χ0v) is 10.8. The summed E-state index contributed by atoms with van der Waals surface area (Å²) in [5, 5.41) is 0. The molecule has 1 fully saturated rings. The predicted octanol–water partition coefficient (Wildman–Crippen LogP) is 4.25. The Bertz CT molecular complexity index is 397. The SMILES string of the molecule is Cl.NC1(c2cccc(C(F)(F)F)c2)CCCCC1. The molecule has 1 aromatic rings. The molecule has 0 unspecified atom stereocenters. The highest BCUT2D eigenvalue weighted by atomic mass is 35.5. The van der Waals surface area contributed by atoms with E-state index in [1.807, 2.05) is 0 Å². The lowest BCUT2D eigenvalue weighted by Gasteiger charge is -2.34. The van der Waals surface area contributed by atoms with E-state index in [9.17, 15) is 13.2 Å². The van der Waals surface area contributed by atoms with E-state index in [1.165, 1.54) is 12.1 Å². The lowest BCUT2D eigenvalue weighted by Crippen LogP contribution is -2.38. The normalized spacial score (nSPS) is 19.1. The predicted molar refractivity (Wildman–Crippen MR) is 67.6 cm³/mol. The van der Waals surface area contributed by atoms with Gasteiger partial charge in [-0.25, -0.2) is 0 Å². The van der Waals surface area contributed by atoms with Crippen molar-refractivity contribution in [2.24, 2.45) is 5.73 Å². The number of halogens is 4. The zero-order chi connectivity index (χ0) is 12.5. The van der Waals surface area contributed by atoms with Gasteiger partial charge in [0.25, 0.3) is 0 Å². The van der Waals surface area contributed by atoms with Crippen molar-refractivity contribution >= 4 is 12.4 Å². The molecule has 1 nitrogen and oxygen atoms in total. The highest BCUT2D eigenvalue weighted by Gasteiger charge is 2.34. The summed E-state index contributed by atoms with van der Waals surface area (Å²) in [4.78, 5) is 0. The van der Waals surface area contributed by atoms with Gasteiger partial charge in [0.1, 0.15) is 0 Å². The summed E-state index contributed by atoms with van der Waals surface area (Å²) in [5.74, 6) is 0. The van der Waals surface area contributed by atoms with Gasteiger partial charge in [0.15, 0.2) is 0 Å². The van der Waals surface area contributed by atoms with Crippen molar-refractivity contribution in [1.29, 1.82) is 0 Å². The topological polar surface area (TPSA) is 26.0 Å². The quantitative estimate of drug-likeness (QED) is 0.817. The molecule has 0 aliphatic heterocycles. The first-order chi connectivity index (χ1) is 7.92. The Morgan fingerprint density at radius 1 is 1.06 bits per heavy atom. The Balaban J connectivity index is 0.00000162. The minimum Gasteiger partial charge on any atom is -0.321 e. The van der Waals surface area contributed by atoms with Crippen LogP contribution in [0.25, 0.3) is 0 Å². The van der Waals surface area contributed by atoms with Crippen LogP contribution in [-0.4, -0.2) is 0 Å². The maximum Gasteiger partial charge on any atom is 0.416 e. The first kappa shape index (κ1) is 15.3. The Morgan fingerprint density at radius 2 is 1.67 bits per heavy atom. The van der Waals surface area contributed by atoms with Crippen molar-refractivity contribution in [2.75, 3.05) is 0 Å². The molecule has 1 aliphatic carbocycles. The van der Waals surface area contributed by atoms with E-state index in [4.69, 9.17) is 5.73 Å². The Kier molecular flexibility index (Phi) is 4.67. The molecule has 1 saturated carbocycles. The highest BCUT2D eigenvalue weighted by Crippen LogP contribution is 2.37. The number of benzene rings is 1. The summed E-state index contributed by atoms with van der Waals surface area (Å²) >= 11 is 0. The van der Waals surface area contributed by atoms with E-state index in [0.29, 0.717) is 5.56 Å². The summed E-state index contributed by atoms with van der Waals surface area (Å²) in [6.45, 7) is 0. The maximum absolute atomic E-state index is 12.6. The molecule has 0 aromatic heterocycles. The second-order valence-electron chi connectivity index (χ2n) is 4.80. The molecular weight excluding hydrogens is 263 g/mol. The molecule has 1 aliphatic rings. The van der Waals surface area contributed by atoms with Crippen LogP contribution in [0.4, 0.5) is 13.2 Å². The average Bonchev–Trinajstić information content (AvgIpc) is 2.29. The van der Waals surface area contributed by atoms with E-state index in [2.05, 4.69) is 0 Å². The van der Waals surface area contributed by atoms with Crippen molar-refractivity contribution < 1.29 is 13.2 Å². The average molecular weight is 280 g/mol. The summed E-state index contributed by atoms with van der Waals surface area (Å²) in [6.07, 6.45) is 0.362. The Hall–Kier alpha value is -0.740. The van der Waals surface area contributed by atoms with Crippen molar-refractivity contribution in [2.45, 2.75) is 43.8 Å². The van der Waals surface area contributed by atoms with Crippen LogP contribution in [0.15, 0.2) is 24.3 Å². The third-order valence-electron chi connectivity index (χ3n) is 3.51. The van der Waals surface area contributed by atoms with Crippen LogP contribution in [0.3, 0.4) is 0 Å². The van der Waals surface area contributed by atoms with Crippen LogP contribution in [0.5, 0.6) is 0 Å². The van der Waals surface area contributed by atoms with Crippen molar-refractivity contribution in [3.8, 4) is 0 Å². The minimum absolute atomic E-state index is 0. The summed E-state index contributed by atoms with van der Waals surface area (Å²) in [7, 11) is 0. The number of hydrogen-bond donors (Lipinski definition) is 1. The van der Waals surface area contributed by atoms with Crippen LogP contribution in [0, 0.1) is 0 Å². The van der Waals surface area contributed by atoms with Gasteiger partial charge >= 0.3 is 6.18 Å². The molecule has 0 spiro atoms. The fourth-order valence-electron chi connectivity index (χ4n) is 2.48. The van der Waals surface area contributed by atoms with Crippen LogP contribution >= 0.6 is 12.4 Å². The summed E-state index contributed by atoms with van der Waals surface area (Å²) in [6, 6.07) is 5.45. The van der Waals surface area contributed by atoms with Gasteiger partial charge in [0.05, 0.1) is 5.56 Å². The van der Waals surface area contributed by atoms with Crippen LogP contribution in [-0.2, 0) is 11.7 Å². The fourth-order valence-corrected chi connectivity index (χ4v) is 2.48. The first-order valence-electron chi connectivity index (χ1n) is 5.88. The van der Waals surface area contributed by atoms with Crippen LogP contribution in [0.2, 0.25) is 0 Å². The van der Waals surface area contributed by atoms with Gasteiger partial charge in [0.2, 0.25) is 0 Å². The monoisotopic (exact) mass is 279 g/mol. The molecule has 0 saturated heterocycles. The Labute approximate surface area is 111 Å². The van der Waals surface area contributed by atoms with E-state index >= 15 is 0 Å². The number of rotatable bonds is 1. The summed E-state index contributed by atoms with van der Waals surface area (Å²) < 4.78 is 37.9. The maximum atomic E-state index is 12.6. The Morgan fingerprint density at radius 3 is 2.22 bits per heavy atom. The standard InChI is InChI=1S/C13H16F3N.ClH/c14-13(15,16)11-6-4-5-10(9-11)12(17)7-2-1-3-8-12;/h4-6,9H,1-3,7-8,17H2;1H. The number of alkyl halides is 3. The molecule has 1 aromatic carbocycles. The second kappa shape index (κ2) is 5.49.